The van der Waals surface area contributed by atoms with Crippen LogP contribution in [-0.4, -0.2) is 4.98 Å². The van der Waals surface area contributed by atoms with E-state index in [4.69, 9.17) is 5.73 Å². The molecule has 0 radical (unpaired) electrons. The van der Waals surface area contributed by atoms with Crippen molar-refractivity contribution in [2.45, 2.75) is 13.8 Å². The highest BCUT2D eigenvalue weighted by Crippen LogP contribution is 2.25. The molecule has 62 valence electrons. The number of hydrogen-bond donors (Lipinski definition) is 2. The van der Waals surface area contributed by atoms with E-state index in [-0.39, 0.29) is 0 Å². The number of anilines is 1. The number of nitrogens with one attached hydrogen (secondary N) is 1. The first-order valence-corrected chi connectivity index (χ1v) is 4.03. The van der Waals surface area contributed by atoms with Gasteiger partial charge in [0.15, 0.2) is 0 Å². The van der Waals surface area contributed by atoms with Crippen molar-refractivity contribution in [2.24, 2.45) is 0 Å². The van der Waals surface area contributed by atoms with Gasteiger partial charge in [-0.05, 0) is 37.1 Å². The number of hydrogen-bond acceptors (Lipinski definition) is 1. The van der Waals surface area contributed by atoms with Crippen LogP contribution >= 0.6 is 0 Å². The quantitative estimate of drug-likeness (QED) is 0.571. The Hall–Kier alpha value is -1.44. The van der Waals surface area contributed by atoms with E-state index in [0.29, 0.717) is 0 Å². The van der Waals surface area contributed by atoms with Gasteiger partial charge in [-0.3, -0.25) is 0 Å². The molecule has 2 nitrogen and oxygen atoms in total. The Labute approximate surface area is 71.4 Å². The Morgan fingerprint density at radius 2 is 2.08 bits per heavy atom. The highest BCUT2D eigenvalue weighted by molar-refractivity contribution is 5.92. The number of benzene rings is 1. The third kappa shape index (κ3) is 0.811. The lowest BCUT2D eigenvalue weighted by Gasteiger charge is -2.05. The average molecular weight is 160 g/mol. The van der Waals surface area contributed by atoms with Gasteiger partial charge in [0, 0.05) is 11.6 Å². The SMILES string of the molecule is Cc1cc2cc[nH]c2c(N)c1C. The fourth-order valence-electron chi connectivity index (χ4n) is 1.48. The number of nitrogens with two attached hydrogens (primary N) is 1. The molecule has 0 atom stereocenters. The van der Waals surface area contributed by atoms with Crippen molar-refractivity contribution < 1.29 is 0 Å². The van der Waals surface area contributed by atoms with Crippen LogP contribution in [0.15, 0.2) is 18.3 Å². The number of aromatic amines is 1. The Kier molecular flexibility index (Phi) is 1.37. The number of aromatic nitrogens is 1. The maximum absolute atomic E-state index is 5.93. The first-order chi connectivity index (χ1) is 5.70. The molecule has 2 heteroatoms. The van der Waals surface area contributed by atoms with E-state index in [1.807, 2.05) is 19.2 Å². The largest absolute Gasteiger partial charge is 0.397 e. The van der Waals surface area contributed by atoms with Crippen LogP contribution in [0.3, 0.4) is 0 Å². The van der Waals surface area contributed by atoms with Gasteiger partial charge >= 0.3 is 0 Å². The lowest BCUT2D eigenvalue weighted by molar-refractivity contribution is 1.36. The number of fused-ring (bicyclic) bond motifs is 1. The summed E-state index contributed by atoms with van der Waals surface area (Å²) >= 11 is 0. The molecule has 1 aromatic carbocycles. The molecule has 1 aromatic heterocycles. The molecule has 2 rings (SSSR count). The van der Waals surface area contributed by atoms with Crippen molar-refractivity contribution in [3.05, 3.63) is 29.5 Å². The Morgan fingerprint density at radius 1 is 1.33 bits per heavy atom. The second-order valence-electron chi connectivity index (χ2n) is 3.17. The van der Waals surface area contributed by atoms with E-state index in [1.54, 1.807) is 0 Å². The minimum atomic E-state index is 0.870. The topological polar surface area (TPSA) is 41.8 Å². The highest BCUT2D eigenvalue weighted by Gasteiger charge is 2.04. The van der Waals surface area contributed by atoms with Crippen LogP contribution < -0.4 is 5.73 Å². The van der Waals surface area contributed by atoms with E-state index < -0.39 is 0 Å². The van der Waals surface area contributed by atoms with Gasteiger partial charge in [0.1, 0.15) is 0 Å². The normalized spacial score (nSPS) is 10.8. The van der Waals surface area contributed by atoms with E-state index in [1.165, 1.54) is 16.5 Å². The molecule has 0 unspecified atom stereocenters. The van der Waals surface area contributed by atoms with Crippen LogP contribution in [0.1, 0.15) is 11.1 Å². The third-order valence-electron chi connectivity index (χ3n) is 2.42. The number of rotatable bonds is 0. The van der Waals surface area contributed by atoms with Crippen molar-refractivity contribution in [3.8, 4) is 0 Å². The van der Waals surface area contributed by atoms with Gasteiger partial charge in [-0.1, -0.05) is 0 Å². The van der Waals surface area contributed by atoms with Crippen LogP contribution in [0.4, 0.5) is 5.69 Å². The van der Waals surface area contributed by atoms with Gasteiger partial charge in [0.2, 0.25) is 0 Å². The minimum Gasteiger partial charge on any atom is -0.397 e. The summed E-state index contributed by atoms with van der Waals surface area (Å²) in [5.74, 6) is 0. The van der Waals surface area contributed by atoms with Crippen LogP contribution in [0.2, 0.25) is 0 Å². The molecule has 0 saturated carbocycles. The van der Waals surface area contributed by atoms with Gasteiger partial charge in [-0.2, -0.15) is 0 Å². The van der Waals surface area contributed by atoms with Crippen molar-refractivity contribution >= 4 is 16.6 Å². The first-order valence-electron chi connectivity index (χ1n) is 4.03. The minimum absolute atomic E-state index is 0.870. The second kappa shape index (κ2) is 2.27. The number of aryl methyl sites for hydroxylation is 1. The molecule has 0 aliphatic heterocycles. The standard InChI is InChI=1S/C10H12N2/c1-6-5-8-3-4-12-10(8)9(11)7(6)2/h3-5,12H,11H2,1-2H3. The maximum Gasteiger partial charge on any atom is 0.0690 e. The summed E-state index contributed by atoms with van der Waals surface area (Å²) in [6, 6.07) is 4.19. The van der Waals surface area contributed by atoms with Crippen LogP contribution in [-0.2, 0) is 0 Å². The molecule has 0 amide bonds. The Morgan fingerprint density at radius 3 is 2.83 bits per heavy atom. The monoisotopic (exact) mass is 160 g/mol. The molecule has 3 N–H and O–H groups in total. The fraction of sp³-hybridized carbons (Fsp3) is 0.200. The summed E-state index contributed by atoms with van der Waals surface area (Å²) in [5.41, 5.74) is 10.3. The Bertz CT molecular complexity index is 427. The maximum atomic E-state index is 5.93. The van der Waals surface area contributed by atoms with Gasteiger partial charge < -0.3 is 10.7 Å². The van der Waals surface area contributed by atoms with E-state index >= 15 is 0 Å². The van der Waals surface area contributed by atoms with Gasteiger partial charge in [0.25, 0.3) is 0 Å². The predicted octanol–water partition coefficient (Wildman–Crippen LogP) is 2.37. The fourth-order valence-corrected chi connectivity index (χ4v) is 1.48. The summed E-state index contributed by atoms with van der Waals surface area (Å²) in [6.45, 7) is 4.13. The average Bonchev–Trinajstić information content (AvgIpc) is 2.48. The molecule has 0 aliphatic rings. The van der Waals surface area contributed by atoms with Gasteiger partial charge in [-0.25, -0.2) is 0 Å². The molecule has 0 saturated heterocycles. The molecule has 0 aliphatic carbocycles. The van der Waals surface area contributed by atoms with Gasteiger partial charge in [0.05, 0.1) is 11.2 Å². The van der Waals surface area contributed by atoms with Crippen molar-refractivity contribution in [2.75, 3.05) is 5.73 Å². The molecular formula is C10H12N2. The van der Waals surface area contributed by atoms with Crippen LogP contribution in [0.25, 0.3) is 10.9 Å². The first kappa shape index (κ1) is 7.22. The van der Waals surface area contributed by atoms with Crippen LogP contribution in [0.5, 0.6) is 0 Å². The highest BCUT2D eigenvalue weighted by atomic mass is 14.7. The lowest BCUT2D eigenvalue weighted by Crippen LogP contribution is -1.93. The molecule has 1 heterocycles. The molecule has 2 aromatic rings. The zero-order valence-corrected chi connectivity index (χ0v) is 7.31. The zero-order valence-electron chi connectivity index (χ0n) is 7.31. The smallest absolute Gasteiger partial charge is 0.0690 e. The third-order valence-corrected chi connectivity index (χ3v) is 2.42. The van der Waals surface area contributed by atoms with E-state index in [9.17, 15) is 0 Å². The summed E-state index contributed by atoms with van der Waals surface area (Å²) in [4.78, 5) is 3.13. The molecule has 0 spiro atoms. The summed E-state index contributed by atoms with van der Waals surface area (Å²) in [7, 11) is 0. The van der Waals surface area contributed by atoms with Crippen LogP contribution in [0, 0.1) is 13.8 Å². The number of H-pyrrole nitrogens is 1. The summed E-state index contributed by atoms with van der Waals surface area (Å²) in [5, 5.41) is 1.19. The lowest BCUT2D eigenvalue weighted by atomic mass is 10.1. The van der Waals surface area contributed by atoms with Crippen molar-refractivity contribution in [1.82, 2.24) is 4.98 Å². The molecule has 12 heavy (non-hydrogen) atoms. The second-order valence-corrected chi connectivity index (χ2v) is 3.17. The predicted molar refractivity (Wildman–Crippen MR) is 52.2 cm³/mol. The summed E-state index contributed by atoms with van der Waals surface area (Å²) in [6.07, 6.45) is 1.92. The zero-order chi connectivity index (χ0) is 8.72. The van der Waals surface area contributed by atoms with Gasteiger partial charge in [-0.15, -0.1) is 0 Å². The van der Waals surface area contributed by atoms with Crippen molar-refractivity contribution in [3.63, 3.8) is 0 Å². The molecular weight excluding hydrogens is 148 g/mol. The van der Waals surface area contributed by atoms with Crippen molar-refractivity contribution in [1.29, 1.82) is 0 Å². The van der Waals surface area contributed by atoms with E-state index in [2.05, 4.69) is 18.0 Å². The van der Waals surface area contributed by atoms with E-state index in [0.717, 1.165) is 11.2 Å². The Balaban J connectivity index is 2.94. The molecule has 0 bridgehead atoms. The number of nitrogen functional groups attached to an aromatic ring is 1. The summed E-state index contributed by atoms with van der Waals surface area (Å²) < 4.78 is 0. The molecule has 0 fully saturated rings.